The summed E-state index contributed by atoms with van der Waals surface area (Å²) in [5.74, 6) is 2.89. The highest BCUT2D eigenvalue weighted by Gasteiger charge is 2.26. The molecule has 17 nitrogen and oxygen atoms in total. The monoisotopic (exact) mass is 807 g/mol. The summed E-state index contributed by atoms with van der Waals surface area (Å²) in [6, 6.07) is 20.1. The van der Waals surface area contributed by atoms with Crippen LogP contribution in [0.4, 0.5) is 11.6 Å². The van der Waals surface area contributed by atoms with Crippen molar-refractivity contribution < 1.29 is 16.8 Å². The van der Waals surface area contributed by atoms with Crippen molar-refractivity contribution in [3.63, 3.8) is 0 Å². The lowest BCUT2D eigenvalue weighted by atomic mass is 10.1. The maximum Gasteiger partial charge on any atom is 0.211 e. The average molecular weight is 808 g/mol. The molecule has 0 bridgehead atoms. The van der Waals surface area contributed by atoms with Gasteiger partial charge in [0.2, 0.25) is 20.0 Å². The highest BCUT2D eigenvalue weighted by Crippen LogP contribution is 2.27. The summed E-state index contributed by atoms with van der Waals surface area (Å²) in [5.41, 5.74) is 5.17. The molecule has 7 heterocycles. The molecule has 0 aliphatic carbocycles. The molecular formula is C38H41N13O4S2. The number of pyridine rings is 1. The van der Waals surface area contributed by atoms with Crippen LogP contribution in [0.15, 0.2) is 98.1 Å². The molecule has 2 aliphatic heterocycles. The molecule has 2 saturated heterocycles. The first-order chi connectivity index (χ1) is 27.4. The molecule has 0 spiro atoms. The van der Waals surface area contributed by atoms with E-state index >= 15 is 0 Å². The third-order valence-electron chi connectivity index (χ3n) is 10.1. The lowest BCUT2D eigenvalue weighted by Crippen LogP contribution is -2.48. The fraction of sp³-hybridized carbons (Fsp3) is 0.289. The summed E-state index contributed by atoms with van der Waals surface area (Å²) >= 11 is 0. The number of hydrogen-bond donors (Lipinski definition) is 0. The normalized spacial score (nSPS) is 15.8. The molecule has 294 valence electrons. The van der Waals surface area contributed by atoms with E-state index in [1.54, 1.807) is 15.6 Å². The standard InChI is InChI=1S/C21H21N7O2S.C17H20N6O2S/c1-31(29,30)27-9-7-26(8-10-27)20-12-21(24-15-23-20)28-19-11-16(4-5-18(19)14-25-28)17-3-2-6-22-13-17;1-13-3-4-14-11-20-23(15(14)9-13)17-10-16(18-12-19-17)21-5-7-22(8-6-21)26(2,24)25/h2-6,11-15H,7-10H2,1H3;3-4,9-12H,5-8H2,1-2H3. The van der Waals surface area contributed by atoms with Crippen molar-refractivity contribution in [1.82, 2.24) is 53.1 Å². The molecule has 2 aliphatic rings. The van der Waals surface area contributed by atoms with E-state index in [-0.39, 0.29) is 0 Å². The predicted molar refractivity (Wildman–Crippen MR) is 219 cm³/mol. The Kier molecular flexibility index (Phi) is 10.4. The fourth-order valence-electron chi connectivity index (χ4n) is 6.97. The summed E-state index contributed by atoms with van der Waals surface area (Å²) in [5, 5.41) is 11.1. The topological polar surface area (TPSA) is 181 Å². The van der Waals surface area contributed by atoms with Crippen molar-refractivity contribution >= 4 is 53.5 Å². The number of nitrogens with zero attached hydrogens (tertiary/aromatic N) is 13. The van der Waals surface area contributed by atoms with Crippen LogP contribution in [0.2, 0.25) is 0 Å². The second-order valence-electron chi connectivity index (χ2n) is 14.0. The van der Waals surface area contributed by atoms with E-state index in [0.717, 1.165) is 50.1 Å². The number of aryl methyl sites for hydroxylation is 1. The molecule has 19 heteroatoms. The zero-order chi connectivity index (χ0) is 39.7. The Morgan fingerprint density at radius 1 is 0.526 bits per heavy atom. The molecule has 57 heavy (non-hydrogen) atoms. The van der Waals surface area contributed by atoms with Gasteiger partial charge < -0.3 is 9.80 Å². The van der Waals surface area contributed by atoms with E-state index in [2.05, 4.69) is 69.2 Å². The summed E-state index contributed by atoms with van der Waals surface area (Å²) in [4.78, 5) is 25.9. The summed E-state index contributed by atoms with van der Waals surface area (Å²) in [7, 11) is -6.31. The molecule has 0 unspecified atom stereocenters. The molecule has 0 atom stereocenters. The SMILES string of the molecule is CS(=O)(=O)N1CCN(c2cc(-n3ncc4ccc(-c5cccnc5)cc43)ncn2)CC1.Cc1ccc2cnn(-c3cc(N4CCN(S(C)(=O)=O)CC4)ncn3)c2c1. The first-order valence-electron chi connectivity index (χ1n) is 18.3. The quantitative estimate of drug-likeness (QED) is 0.229. The van der Waals surface area contributed by atoms with Gasteiger partial charge >= 0.3 is 0 Å². The van der Waals surface area contributed by atoms with E-state index < -0.39 is 20.0 Å². The first kappa shape index (κ1) is 38.0. The van der Waals surface area contributed by atoms with Crippen LogP contribution in [-0.2, 0) is 20.0 Å². The molecule has 0 radical (unpaired) electrons. The van der Waals surface area contributed by atoms with E-state index in [9.17, 15) is 16.8 Å². The second-order valence-corrected chi connectivity index (χ2v) is 17.9. The van der Waals surface area contributed by atoms with Crippen molar-refractivity contribution in [2.24, 2.45) is 0 Å². The highest BCUT2D eigenvalue weighted by molar-refractivity contribution is 7.88. The van der Waals surface area contributed by atoms with Crippen LogP contribution < -0.4 is 9.80 Å². The molecule has 7 aromatic rings. The molecule has 0 saturated carbocycles. The molecule has 5 aromatic heterocycles. The maximum absolute atomic E-state index is 11.8. The minimum Gasteiger partial charge on any atom is -0.354 e. The summed E-state index contributed by atoms with van der Waals surface area (Å²) in [6.07, 6.45) is 12.8. The van der Waals surface area contributed by atoms with Gasteiger partial charge in [-0.1, -0.05) is 30.3 Å². The summed E-state index contributed by atoms with van der Waals surface area (Å²) < 4.78 is 53.4. The number of benzene rings is 2. The minimum atomic E-state index is -3.17. The van der Waals surface area contributed by atoms with Crippen molar-refractivity contribution in [3.8, 4) is 22.8 Å². The molecule has 2 aromatic carbocycles. The third kappa shape index (κ3) is 8.31. The zero-order valence-electron chi connectivity index (χ0n) is 31.7. The van der Waals surface area contributed by atoms with Crippen LogP contribution in [-0.4, -0.2) is 135 Å². The number of aromatic nitrogens is 9. The van der Waals surface area contributed by atoms with Crippen molar-refractivity contribution in [3.05, 3.63) is 104 Å². The molecule has 0 N–H and O–H groups in total. The highest BCUT2D eigenvalue weighted by atomic mass is 32.2. The van der Waals surface area contributed by atoms with Crippen LogP contribution in [0, 0.1) is 6.92 Å². The van der Waals surface area contributed by atoms with Gasteiger partial charge in [-0.05, 0) is 36.2 Å². The zero-order valence-corrected chi connectivity index (χ0v) is 33.3. The average Bonchev–Trinajstić information content (AvgIpc) is 3.85. The van der Waals surface area contributed by atoms with Crippen molar-refractivity contribution in [1.29, 1.82) is 0 Å². The Morgan fingerprint density at radius 2 is 1.02 bits per heavy atom. The Labute approximate surface area is 330 Å². The van der Waals surface area contributed by atoms with Gasteiger partial charge in [0.05, 0.1) is 35.9 Å². The minimum absolute atomic E-state index is 0.442. The van der Waals surface area contributed by atoms with Gasteiger partial charge in [-0.3, -0.25) is 4.98 Å². The molecule has 0 amide bonds. The lowest BCUT2D eigenvalue weighted by Gasteiger charge is -2.33. The van der Waals surface area contributed by atoms with Crippen molar-refractivity contribution in [2.45, 2.75) is 6.92 Å². The van der Waals surface area contributed by atoms with Gasteiger partial charge in [-0.25, -0.2) is 46.1 Å². The van der Waals surface area contributed by atoms with Gasteiger partial charge in [0.1, 0.15) is 24.3 Å². The Balaban J connectivity index is 0.000000162. The number of hydrogen-bond acceptors (Lipinski definition) is 13. The Bertz CT molecular complexity index is 2760. The number of rotatable bonds is 7. The van der Waals surface area contributed by atoms with Gasteiger partial charge in [0.15, 0.2) is 11.6 Å². The van der Waals surface area contributed by atoms with Gasteiger partial charge in [0, 0.05) is 93.2 Å². The Hall–Kier alpha value is -5.89. The van der Waals surface area contributed by atoms with Crippen LogP contribution >= 0.6 is 0 Å². The van der Waals surface area contributed by atoms with Crippen molar-refractivity contribution in [2.75, 3.05) is 74.7 Å². The molecule has 2 fully saturated rings. The van der Waals surface area contributed by atoms with E-state index in [4.69, 9.17) is 0 Å². The first-order valence-corrected chi connectivity index (χ1v) is 22.0. The smallest absolute Gasteiger partial charge is 0.211 e. The van der Waals surface area contributed by atoms with E-state index in [0.29, 0.717) is 64.0 Å². The number of piperazine rings is 2. The third-order valence-corrected chi connectivity index (χ3v) is 12.7. The predicted octanol–water partition coefficient (Wildman–Crippen LogP) is 3.16. The number of anilines is 2. The number of sulfonamides is 2. The van der Waals surface area contributed by atoms with Crippen LogP contribution in [0.3, 0.4) is 0 Å². The summed E-state index contributed by atoms with van der Waals surface area (Å²) in [6.45, 7) is 6.20. The Morgan fingerprint density at radius 3 is 1.51 bits per heavy atom. The van der Waals surface area contributed by atoms with Crippen LogP contribution in [0.25, 0.3) is 44.6 Å². The largest absolute Gasteiger partial charge is 0.354 e. The second kappa shape index (κ2) is 15.6. The molecular weight excluding hydrogens is 767 g/mol. The number of fused-ring (bicyclic) bond motifs is 2. The van der Waals surface area contributed by atoms with Crippen LogP contribution in [0.5, 0.6) is 0 Å². The maximum atomic E-state index is 11.8. The van der Waals surface area contributed by atoms with Crippen LogP contribution in [0.1, 0.15) is 5.56 Å². The fourth-order valence-corrected chi connectivity index (χ4v) is 8.63. The lowest BCUT2D eigenvalue weighted by molar-refractivity contribution is 0.386. The van der Waals surface area contributed by atoms with Gasteiger partial charge in [0.25, 0.3) is 0 Å². The van der Waals surface area contributed by atoms with E-state index in [1.807, 2.05) is 61.9 Å². The van der Waals surface area contributed by atoms with Gasteiger partial charge in [-0.2, -0.15) is 18.8 Å². The van der Waals surface area contributed by atoms with Gasteiger partial charge in [-0.15, -0.1) is 0 Å². The molecule has 9 rings (SSSR count). The van der Waals surface area contributed by atoms with E-state index in [1.165, 1.54) is 33.8 Å².